The maximum atomic E-state index is 12.8. The Bertz CT molecular complexity index is 771. The van der Waals surface area contributed by atoms with Gasteiger partial charge in [0.2, 0.25) is 5.91 Å². The van der Waals surface area contributed by atoms with Crippen molar-refractivity contribution in [3.63, 3.8) is 0 Å². The van der Waals surface area contributed by atoms with E-state index in [1.807, 2.05) is 25.1 Å². The third-order valence-electron chi connectivity index (χ3n) is 3.39. The van der Waals surface area contributed by atoms with Crippen LogP contribution in [0.1, 0.15) is 28.8 Å². The molecule has 0 atom stereocenters. The monoisotopic (exact) mass is 343 g/mol. The van der Waals surface area contributed by atoms with Crippen LogP contribution in [0.4, 0.5) is 10.1 Å². The van der Waals surface area contributed by atoms with Crippen LogP contribution in [-0.4, -0.2) is 24.3 Å². The van der Waals surface area contributed by atoms with Crippen LogP contribution in [0.2, 0.25) is 0 Å². The van der Waals surface area contributed by atoms with E-state index < -0.39 is 24.2 Å². The van der Waals surface area contributed by atoms with Crippen molar-refractivity contribution >= 4 is 23.3 Å². The van der Waals surface area contributed by atoms with Gasteiger partial charge in [-0.3, -0.25) is 14.4 Å². The van der Waals surface area contributed by atoms with E-state index in [1.54, 1.807) is 6.07 Å². The highest BCUT2D eigenvalue weighted by atomic mass is 19.1. The first kappa shape index (κ1) is 18.3. The molecular weight excluding hydrogens is 325 g/mol. The molecule has 25 heavy (non-hydrogen) atoms. The second-order valence-corrected chi connectivity index (χ2v) is 5.51. The number of anilines is 1. The third-order valence-corrected chi connectivity index (χ3v) is 3.39. The number of benzene rings is 2. The largest absolute Gasteiger partial charge is 0.457 e. The lowest BCUT2D eigenvalue weighted by atomic mass is 10.1. The summed E-state index contributed by atoms with van der Waals surface area (Å²) in [6, 6.07) is 12.3. The molecule has 2 aromatic rings. The second-order valence-electron chi connectivity index (χ2n) is 5.51. The standard InChI is InChI=1S/C19H18FNO4/c1-13-3-2-4-16(11-13)21-18(23)9-10-19(24)25-12-17(22)14-5-7-15(20)8-6-14/h2-8,11H,9-10,12H2,1H3,(H,21,23). The van der Waals surface area contributed by atoms with Gasteiger partial charge in [-0.1, -0.05) is 12.1 Å². The van der Waals surface area contributed by atoms with E-state index >= 15 is 0 Å². The molecule has 0 aliphatic rings. The summed E-state index contributed by atoms with van der Waals surface area (Å²) in [4.78, 5) is 35.2. The molecule has 0 saturated carbocycles. The van der Waals surface area contributed by atoms with Crippen LogP contribution in [0, 0.1) is 12.7 Å². The number of rotatable bonds is 7. The number of amides is 1. The highest BCUT2D eigenvalue weighted by Crippen LogP contribution is 2.10. The number of halogens is 1. The first-order valence-corrected chi connectivity index (χ1v) is 7.75. The number of hydrogen-bond donors (Lipinski definition) is 1. The minimum Gasteiger partial charge on any atom is -0.457 e. The van der Waals surface area contributed by atoms with Gasteiger partial charge in [0.1, 0.15) is 5.82 Å². The number of ether oxygens (including phenoxy) is 1. The maximum Gasteiger partial charge on any atom is 0.306 e. The van der Waals surface area contributed by atoms with E-state index in [0.717, 1.165) is 17.7 Å². The molecule has 0 unspecified atom stereocenters. The van der Waals surface area contributed by atoms with Crippen molar-refractivity contribution < 1.29 is 23.5 Å². The van der Waals surface area contributed by atoms with Crippen molar-refractivity contribution in [2.24, 2.45) is 0 Å². The van der Waals surface area contributed by atoms with Crippen molar-refractivity contribution in [1.82, 2.24) is 0 Å². The van der Waals surface area contributed by atoms with Crippen molar-refractivity contribution in [3.8, 4) is 0 Å². The quantitative estimate of drug-likeness (QED) is 0.618. The number of esters is 1. The average Bonchev–Trinajstić information content (AvgIpc) is 2.58. The smallest absolute Gasteiger partial charge is 0.306 e. The highest BCUT2D eigenvalue weighted by molar-refractivity contribution is 5.98. The molecule has 0 aromatic heterocycles. The minimum absolute atomic E-state index is 0.0441. The first-order valence-electron chi connectivity index (χ1n) is 7.75. The van der Waals surface area contributed by atoms with Crippen LogP contribution in [0.25, 0.3) is 0 Å². The molecule has 0 aliphatic carbocycles. The lowest BCUT2D eigenvalue weighted by Gasteiger charge is -2.06. The van der Waals surface area contributed by atoms with Crippen molar-refractivity contribution in [2.75, 3.05) is 11.9 Å². The number of hydrogen-bond acceptors (Lipinski definition) is 4. The number of ketones is 1. The summed E-state index contributed by atoms with van der Waals surface area (Å²) in [7, 11) is 0. The fraction of sp³-hybridized carbons (Fsp3) is 0.211. The van der Waals surface area contributed by atoms with Gasteiger partial charge in [0.25, 0.3) is 0 Å². The Balaban J connectivity index is 1.72. The van der Waals surface area contributed by atoms with Crippen LogP contribution in [0.3, 0.4) is 0 Å². The van der Waals surface area contributed by atoms with E-state index in [-0.39, 0.29) is 24.3 Å². The zero-order valence-corrected chi connectivity index (χ0v) is 13.8. The zero-order chi connectivity index (χ0) is 18.2. The van der Waals surface area contributed by atoms with E-state index in [1.165, 1.54) is 12.1 Å². The second kappa shape index (κ2) is 8.73. The Morgan fingerprint density at radius 2 is 1.76 bits per heavy atom. The Morgan fingerprint density at radius 1 is 1.04 bits per heavy atom. The molecule has 6 heteroatoms. The number of nitrogens with one attached hydrogen (secondary N) is 1. The molecule has 0 aliphatic heterocycles. The summed E-state index contributed by atoms with van der Waals surface area (Å²) in [5, 5.41) is 2.68. The summed E-state index contributed by atoms with van der Waals surface area (Å²) in [5.41, 5.74) is 1.92. The Kier molecular flexibility index (Phi) is 6.39. The molecule has 1 amide bonds. The minimum atomic E-state index is -0.644. The van der Waals surface area contributed by atoms with E-state index in [0.29, 0.717) is 5.69 Å². The fourth-order valence-electron chi connectivity index (χ4n) is 2.10. The lowest BCUT2D eigenvalue weighted by Crippen LogP contribution is -2.17. The summed E-state index contributed by atoms with van der Waals surface area (Å²) in [5.74, 6) is -1.84. The van der Waals surface area contributed by atoms with Crippen LogP contribution in [-0.2, 0) is 14.3 Å². The topological polar surface area (TPSA) is 72.5 Å². The van der Waals surface area contributed by atoms with Gasteiger partial charge in [-0.2, -0.15) is 0 Å². The number of Topliss-reactive ketones (excluding diaryl/α,β-unsaturated/α-hetero) is 1. The molecule has 0 spiro atoms. The highest BCUT2D eigenvalue weighted by Gasteiger charge is 2.12. The molecule has 0 saturated heterocycles. The average molecular weight is 343 g/mol. The van der Waals surface area contributed by atoms with Crippen LogP contribution in [0.5, 0.6) is 0 Å². The van der Waals surface area contributed by atoms with Crippen molar-refractivity contribution in [3.05, 3.63) is 65.5 Å². The summed E-state index contributed by atoms with van der Waals surface area (Å²) in [6.07, 6.45) is -0.175. The van der Waals surface area contributed by atoms with Crippen LogP contribution >= 0.6 is 0 Å². The predicted octanol–water partition coefficient (Wildman–Crippen LogP) is 3.28. The fourth-order valence-corrected chi connectivity index (χ4v) is 2.10. The van der Waals surface area contributed by atoms with Gasteiger partial charge in [0.05, 0.1) is 6.42 Å². The normalized spacial score (nSPS) is 10.2. The molecule has 1 N–H and O–H groups in total. The van der Waals surface area contributed by atoms with Gasteiger partial charge < -0.3 is 10.1 Å². The van der Waals surface area contributed by atoms with Gasteiger partial charge in [-0.15, -0.1) is 0 Å². The molecule has 0 bridgehead atoms. The molecule has 130 valence electrons. The first-order chi connectivity index (χ1) is 11.9. The van der Waals surface area contributed by atoms with Gasteiger partial charge in [0.15, 0.2) is 12.4 Å². The van der Waals surface area contributed by atoms with Crippen LogP contribution < -0.4 is 5.32 Å². The predicted molar refractivity (Wildman–Crippen MR) is 90.7 cm³/mol. The number of aryl methyl sites for hydroxylation is 1. The van der Waals surface area contributed by atoms with Gasteiger partial charge in [-0.25, -0.2) is 4.39 Å². The SMILES string of the molecule is Cc1cccc(NC(=O)CCC(=O)OCC(=O)c2ccc(F)cc2)c1. The maximum absolute atomic E-state index is 12.8. The van der Waals surface area contributed by atoms with Gasteiger partial charge >= 0.3 is 5.97 Å². The van der Waals surface area contributed by atoms with Crippen LogP contribution in [0.15, 0.2) is 48.5 Å². The summed E-state index contributed by atoms with van der Waals surface area (Å²) < 4.78 is 17.6. The van der Waals surface area contributed by atoms with E-state index in [2.05, 4.69) is 5.32 Å². The molecule has 0 fully saturated rings. The number of carbonyl (C=O) groups excluding carboxylic acids is 3. The molecular formula is C19H18FNO4. The van der Waals surface area contributed by atoms with E-state index in [9.17, 15) is 18.8 Å². The Hall–Kier alpha value is -3.02. The van der Waals surface area contributed by atoms with Crippen molar-refractivity contribution in [1.29, 1.82) is 0 Å². The molecule has 2 rings (SSSR count). The van der Waals surface area contributed by atoms with Gasteiger partial charge in [0, 0.05) is 17.7 Å². The number of carbonyl (C=O) groups is 3. The molecule has 0 radical (unpaired) electrons. The third kappa shape index (κ3) is 6.18. The molecule has 5 nitrogen and oxygen atoms in total. The van der Waals surface area contributed by atoms with E-state index in [4.69, 9.17) is 4.74 Å². The zero-order valence-electron chi connectivity index (χ0n) is 13.8. The van der Waals surface area contributed by atoms with Gasteiger partial charge in [-0.05, 0) is 48.9 Å². The summed E-state index contributed by atoms with van der Waals surface area (Å²) >= 11 is 0. The molecule has 2 aromatic carbocycles. The molecule has 0 heterocycles. The Morgan fingerprint density at radius 3 is 2.44 bits per heavy atom. The summed E-state index contributed by atoms with van der Waals surface area (Å²) in [6.45, 7) is 1.47. The Labute approximate surface area is 144 Å². The van der Waals surface area contributed by atoms with Crippen molar-refractivity contribution in [2.45, 2.75) is 19.8 Å². The lowest BCUT2D eigenvalue weighted by molar-refractivity contribution is -0.143.